The molecule has 11 rings (SSSR count). The van der Waals surface area contributed by atoms with Gasteiger partial charge in [0.15, 0.2) is 18.9 Å². The second kappa shape index (κ2) is 50.8. The fraction of sp³-hybridized carbons (Fsp3) is 0.686. The van der Waals surface area contributed by atoms with Crippen molar-refractivity contribution in [3.05, 3.63) is 80.9 Å². The molecule has 1 aliphatic carbocycles. The van der Waals surface area contributed by atoms with Crippen LogP contribution in [0.25, 0.3) is 22.3 Å². The predicted octanol–water partition coefficient (Wildman–Crippen LogP) is -3.65. The number of imide groups is 1. The molecule has 14 N–H and O–H groups in total. The third kappa shape index (κ3) is 27.8. The van der Waals surface area contributed by atoms with Gasteiger partial charge >= 0.3 is 11.9 Å². The zero-order valence-corrected chi connectivity index (χ0v) is 73.6. The molecule has 9 heterocycles. The molecule has 4 aromatic rings. The monoisotopic (exact) mass is 1850 g/mol. The Bertz CT molecular complexity index is 4530. The molecule has 7 aliphatic rings. The van der Waals surface area contributed by atoms with E-state index in [4.69, 9.17) is 76.0 Å². The number of methoxy groups -OCH3 is 1. The first-order valence-electron chi connectivity index (χ1n) is 44.5. The van der Waals surface area contributed by atoms with E-state index in [-0.39, 0.29) is 176 Å². The van der Waals surface area contributed by atoms with Crippen LogP contribution in [0.3, 0.4) is 0 Å². The molecule has 1 aromatic carbocycles. The Hall–Kier alpha value is -9.15. The fourth-order valence-corrected chi connectivity index (χ4v) is 16.5. The van der Waals surface area contributed by atoms with Crippen molar-refractivity contribution in [2.45, 2.75) is 228 Å². The molecule has 3 aromatic heterocycles. The second-order valence-electron chi connectivity index (χ2n) is 32.8. The third-order valence-electron chi connectivity index (χ3n) is 23.7. The van der Waals surface area contributed by atoms with Crippen molar-refractivity contribution in [2.24, 2.45) is 11.8 Å². The summed E-state index contributed by atoms with van der Waals surface area (Å²) in [4.78, 5) is 134. The highest BCUT2D eigenvalue weighted by Gasteiger charge is 2.53. The number of benzene rings is 1. The molecule has 0 unspecified atom stereocenters. The van der Waals surface area contributed by atoms with Crippen molar-refractivity contribution in [1.82, 2.24) is 56.0 Å². The van der Waals surface area contributed by atoms with Gasteiger partial charge in [-0.25, -0.2) is 14.5 Å². The minimum atomic E-state index is -2.02. The van der Waals surface area contributed by atoms with Crippen LogP contribution in [0.4, 0.5) is 0 Å². The summed E-state index contributed by atoms with van der Waals surface area (Å²) in [5, 5.41) is 119. The SMILES string of the molecule is CCc1c2c(nc3ccc(O)cc13)-c1cc3c(c(=O)n1C2)COC(=O)[C@@]3(CC)OC(=O)CNC(=O)COCC(=O)NCCOCCOCCn1cc(CNC(=O)CCCCCO[C@H]2[C@@H](O)[C@@H](O)[C@@H](OC)O[C@@H]2CO[C@H]2O[C@H](CO[C@H]3O[C@H](CO)[C@@H](O)[C@@H](O)[C@H]3O)[C@@H](OCCCCCC(=O)NCCOCCOCCNC(=O)C3CCC(CN4C(=O)C=CC4=O)CC3)[C@@H](O)[C@H]2O)nn1. The van der Waals surface area contributed by atoms with Gasteiger partial charge in [-0.05, 0) is 100.0 Å². The Balaban J connectivity index is 0.511. The van der Waals surface area contributed by atoms with E-state index in [2.05, 4.69) is 36.9 Å². The summed E-state index contributed by atoms with van der Waals surface area (Å²) in [5.41, 5.74) is 1.57. The van der Waals surface area contributed by atoms with Crippen molar-refractivity contribution in [3.8, 4) is 17.1 Å². The van der Waals surface area contributed by atoms with Crippen LogP contribution in [0.2, 0.25) is 0 Å². The van der Waals surface area contributed by atoms with Gasteiger partial charge in [-0.3, -0.25) is 48.1 Å². The van der Waals surface area contributed by atoms with E-state index in [0.717, 1.165) is 29.4 Å². The average Bonchev–Trinajstić information content (AvgIpc) is 1.68. The van der Waals surface area contributed by atoms with E-state index in [1.54, 1.807) is 36.0 Å². The second-order valence-corrected chi connectivity index (χ2v) is 32.8. The predicted molar refractivity (Wildman–Crippen MR) is 449 cm³/mol. The largest absolute Gasteiger partial charge is 0.508 e. The highest BCUT2D eigenvalue weighted by atomic mass is 16.8. The number of hydrogen-bond donors (Lipinski definition) is 14. The highest BCUT2D eigenvalue weighted by molar-refractivity contribution is 6.13. The Labute approximate surface area is 753 Å². The number of cyclic esters (lactones) is 1. The normalized spacial score (nSPS) is 26.3. The molecule has 16 atom stereocenters. The van der Waals surface area contributed by atoms with E-state index in [1.807, 2.05) is 6.92 Å². The van der Waals surface area contributed by atoms with E-state index >= 15 is 0 Å². The van der Waals surface area contributed by atoms with Crippen LogP contribution in [0.15, 0.2) is 47.4 Å². The third-order valence-corrected chi connectivity index (χ3v) is 23.7. The van der Waals surface area contributed by atoms with Crippen LogP contribution >= 0.6 is 0 Å². The van der Waals surface area contributed by atoms with Gasteiger partial charge in [-0.1, -0.05) is 31.9 Å². The molecule has 0 radical (unpaired) electrons. The van der Waals surface area contributed by atoms with Crippen LogP contribution in [-0.2, 0) is 152 Å². The molecule has 6 aliphatic heterocycles. The zero-order chi connectivity index (χ0) is 93.7. The quantitative estimate of drug-likeness (QED) is 0.0101. The summed E-state index contributed by atoms with van der Waals surface area (Å²) in [7, 11) is 1.24. The summed E-state index contributed by atoms with van der Waals surface area (Å²) < 4.78 is 88.8. The number of phenolic OH excluding ortho intramolecular Hbond substituents is 1. The summed E-state index contributed by atoms with van der Waals surface area (Å²) in [5.74, 6) is -4.20. The maximum Gasteiger partial charge on any atom is 0.355 e. The number of hydrogen-bond acceptors (Lipinski definition) is 37. The Kier molecular flexibility index (Phi) is 39.7. The number of aliphatic hydroxyl groups excluding tert-OH is 8. The van der Waals surface area contributed by atoms with Gasteiger partial charge < -0.3 is 148 Å². The molecule has 45 heteroatoms. The maximum atomic E-state index is 14.1. The molecular weight excluding hydrogens is 1730 g/mol. The first-order valence-corrected chi connectivity index (χ1v) is 44.5. The first kappa shape index (κ1) is 102. The Morgan fingerprint density at radius 1 is 0.588 bits per heavy atom. The van der Waals surface area contributed by atoms with Crippen molar-refractivity contribution >= 4 is 64.2 Å². The van der Waals surface area contributed by atoms with Crippen molar-refractivity contribution in [2.75, 3.05) is 139 Å². The number of phenols is 1. The number of aromatic hydroxyl groups is 1. The number of amides is 7. The standard InChI is InChI=1S/C86H123N11O34/c1-4-53-54-36-52(99)18-19-58(54)92-70-55(53)42-96-59(70)37-57-56(81(96)115)44-127-85(116)86(57,5-2)131-69(106)39-91-66(103)48-122-47-65(102)88-23-29-119-34-35-121-31-25-95-41-51(93-94-95)38-90-64(101)13-9-7-11-26-123-78-61(129-82(117-3)76(112)73(78)109)45-126-84-77(113)74(110)79(62(130-84)46-125-83-75(111)72(108)71(107)60(43-98)128-83)124-27-10-6-8-12-63(100)87-22-28-118-32-33-120-30-24-89-80(114)50-16-14-49(15-17-50)40-97-67(104)20-21-68(97)105/h18-21,36-37,41,49-50,60-62,71-79,82-84,98-99,107-113H,4-17,22-35,38-40,42-48H2,1-3H3,(H,87,100)(H,88,102)(H,89,114)(H,90,101)(H,91,103)/t49?,50?,60-,61-,62-,71-,72-,73+,74+,75-,76-,77-,78-,79-,82+,83+,84+,86+/m1/s1. The smallest absolute Gasteiger partial charge is 0.355 e. The van der Waals surface area contributed by atoms with Gasteiger partial charge in [0.05, 0.1) is 121 Å². The number of pyridine rings is 2. The summed E-state index contributed by atoms with van der Waals surface area (Å²) >= 11 is 0. The van der Waals surface area contributed by atoms with Crippen LogP contribution in [0.1, 0.15) is 125 Å². The summed E-state index contributed by atoms with van der Waals surface area (Å²) in [6.07, 6.45) is -12.4. The number of carbonyl (C=O) groups excluding carboxylic acids is 9. The van der Waals surface area contributed by atoms with E-state index in [0.29, 0.717) is 100 Å². The Morgan fingerprint density at radius 2 is 1.16 bits per heavy atom. The molecule has 7 amide bonds. The van der Waals surface area contributed by atoms with Gasteiger partial charge in [0.25, 0.3) is 17.4 Å². The van der Waals surface area contributed by atoms with Crippen molar-refractivity contribution in [1.29, 1.82) is 0 Å². The molecule has 0 spiro atoms. The fourth-order valence-electron chi connectivity index (χ4n) is 16.5. The molecule has 131 heavy (non-hydrogen) atoms. The number of aryl methyl sites for hydroxylation is 1. The molecule has 45 nitrogen and oxygen atoms in total. The number of rotatable bonds is 54. The molecule has 1 saturated carbocycles. The van der Waals surface area contributed by atoms with Crippen LogP contribution in [0.5, 0.6) is 5.75 Å². The summed E-state index contributed by atoms with van der Waals surface area (Å²) in [6.45, 7) is 3.26. The van der Waals surface area contributed by atoms with E-state index in [9.17, 15) is 93.9 Å². The number of ether oxygens (including phenoxy) is 15. The number of aromatic nitrogens is 5. The lowest BCUT2D eigenvalue weighted by Gasteiger charge is -2.45. The number of nitrogens with one attached hydrogen (secondary N) is 5. The van der Waals surface area contributed by atoms with E-state index < -0.39 is 167 Å². The molecule has 4 fully saturated rings. The molecular formula is C86H123N11O34. The van der Waals surface area contributed by atoms with Gasteiger partial charge in [0.1, 0.15) is 111 Å². The van der Waals surface area contributed by atoms with Crippen LogP contribution < -0.4 is 32.1 Å². The van der Waals surface area contributed by atoms with Crippen molar-refractivity contribution < 1.29 is 160 Å². The van der Waals surface area contributed by atoms with E-state index in [1.165, 1.54) is 34.8 Å². The summed E-state index contributed by atoms with van der Waals surface area (Å²) in [6, 6.07) is 6.46. The van der Waals surface area contributed by atoms with Crippen LogP contribution in [-0.4, -0.2) is 360 Å². The number of carbonyl (C=O) groups is 9. The van der Waals surface area contributed by atoms with Gasteiger partial charge in [0, 0.05) is 93.9 Å². The maximum absolute atomic E-state index is 14.1. The lowest BCUT2D eigenvalue weighted by atomic mass is 9.81. The Morgan fingerprint density at radius 3 is 1.77 bits per heavy atom. The topological polar surface area (TPSA) is 603 Å². The number of unbranched alkanes of at least 4 members (excludes halogenated alkanes) is 4. The minimum Gasteiger partial charge on any atom is -0.508 e. The lowest BCUT2D eigenvalue weighted by Crippen LogP contribution is -2.63. The first-order chi connectivity index (χ1) is 63.2. The number of aliphatic hydroxyl groups is 8. The zero-order valence-electron chi connectivity index (χ0n) is 73.6. The molecule has 3 saturated heterocycles. The molecule has 0 bridgehead atoms. The van der Waals surface area contributed by atoms with Crippen molar-refractivity contribution in [3.63, 3.8) is 0 Å². The number of fused-ring (bicyclic) bond motifs is 5. The lowest BCUT2D eigenvalue weighted by molar-refractivity contribution is -0.345. The van der Waals surface area contributed by atoms with Crippen LogP contribution in [0, 0.1) is 11.8 Å². The van der Waals surface area contributed by atoms with Gasteiger partial charge in [0.2, 0.25) is 35.1 Å². The molecule has 726 valence electrons. The minimum absolute atomic E-state index is 0.00387. The average molecular weight is 1850 g/mol. The van der Waals surface area contributed by atoms with Gasteiger partial charge in [-0.2, -0.15) is 0 Å². The number of esters is 2. The van der Waals surface area contributed by atoms with Gasteiger partial charge in [-0.15, -0.1) is 5.10 Å². The number of nitrogens with zero attached hydrogens (tertiary/aromatic N) is 6. The highest BCUT2D eigenvalue weighted by Crippen LogP contribution is 2.43.